The molecule has 90 valence electrons. The van der Waals surface area contributed by atoms with Crippen LogP contribution in [0.25, 0.3) is 0 Å². The van der Waals surface area contributed by atoms with E-state index in [-0.39, 0.29) is 11.7 Å². The van der Waals surface area contributed by atoms with Crippen molar-refractivity contribution in [2.45, 2.75) is 13.8 Å². The van der Waals surface area contributed by atoms with E-state index in [4.69, 9.17) is 5.73 Å². The molecular weight excluding hydrogens is 212 g/mol. The molecule has 0 aromatic heterocycles. The van der Waals surface area contributed by atoms with E-state index < -0.39 is 0 Å². The number of carbonyl (C=O) groups is 1. The number of nitrogens with two attached hydrogens (primary N) is 1. The summed E-state index contributed by atoms with van der Waals surface area (Å²) in [6.45, 7) is 3.70. The molecule has 0 radical (unpaired) electrons. The van der Waals surface area contributed by atoms with Crippen LogP contribution < -0.4 is 5.73 Å². The van der Waals surface area contributed by atoms with Crippen LogP contribution in [0.15, 0.2) is 47.1 Å². The van der Waals surface area contributed by atoms with Gasteiger partial charge in [-0.15, -0.1) is 0 Å². The number of benzene rings is 1. The maximum atomic E-state index is 12.0. The minimum atomic E-state index is -0.0923. The first-order chi connectivity index (χ1) is 8.11. The van der Waals surface area contributed by atoms with Crippen molar-refractivity contribution in [3.05, 3.63) is 47.7 Å². The summed E-state index contributed by atoms with van der Waals surface area (Å²) in [6, 6.07) is 9.58. The van der Waals surface area contributed by atoms with Gasteiger partial charge in [-0.1, -0.05) is 44.2 Å². The summed E-state index contributed by atoms with van der Waals surface area (Å²) >= 11 is 0. The molecular formula is C14H18N2O. The van der Waals surface area contributed by atoms with Crippen molar-refractivity contribution in [1.82, 2.24) is 0 Å². The minimum Gasteiger partial charge on any atom is -0.404 e. The van der Waals surface area contributed by atoms with Crippen LogP contribution >= 0.6 is 0 Å². The Morgan fingerprint density at radius 3 is 2.29 bits per heavy atom. The summed E-state index contributed by atoms with van der Waals surface area (Å²) in [5.74, 6) is -0.0813. The first-order valence-electron chi connectivity index (χ1n) is 5.60. The maximum Gasteiger partial charge on any atom is 0.169 e. The van der Waals surface area contributed by atoms with Gasteiger partial charge >= 0.3 is 0 Å². The normalized spacial score (nSPS) is 12.9. The van der Waals surface area contributed by atoms with Crippen LogP contribution in [0.3, 0.4) is 0 Å². The third-order valence-corrected chi connectivity index (χ3v) is 2.48. The predicted octanol–water partition coefficient (Wildman–Crippen LogP) is 2.17. The third-order valence-electron chi connectivity index (χ3n) is 2.48. The van der Waals surface area contributed by atoms with Crippen molar-refractivity contribution in [2.24, 2.45) is 16.6 Å². The summed E-state index contributed by atoms with van der Waals surface area (Å²) in [6.07, 6.45) is 1.34. The average molecular weight is 230 g/mol. The Hall–Kier alpha value is -1.90. The number of nitrogens with zero attached hydrogens (tertiary/aromatic N) is 1. The highest BCUT2D eigenvalue weighted by Crippen LogP contribution is 2.13. The first kappa shape index (κ1) is 13.2. The van der Waals surface area contributed by atoms with Crippen LogP contribution in [0.1, 0.15) is 19.4 Å². The molecule has 3 heteroatoms. The van der Waals surface area contributed by atoms with Gasteiger partial charge in [-0.25, -0.2) is 0 Å². The third kappa shape index (κ3) is 3.03. The fourth-order valence-corrected chi connectivity index (χ4v) is 1.59. The second-order valence-corrected chi connectivity index (χ2v) is 4.04. The monoisotopic (exact) mass is 230 g/mol. The van der Waals surface area contributed by atoms with Gasteiger partial charge in [0.2, 0.25) is 0 Å². The van der Waals surface area contributed by atoms with Crippen molar-refractivity contribution in [3.8, 4) is 0 Å². The Kier molecular flexibility index (Phi) is 4.64. The lowest BCUT2D eigenvalue weighted by molar-refractivity contribution is -0.117. The maximum absolute atomic E-state index is 12.0. The molecule has 0 saturated heterocycles. The van der Waals surface area contributed by atoms with E-state index in [0.717, 1.165) is 5.56 Å². The molecule has 1 aromatic carbocycles. The molecule has 0 heterocycles. The lowest BCUT2D eigenvalue weighted by atomic mass is 9.94. The molecule has 3 nitrogen and oxygen atoms in total. The smallest absolute Gasteiger partial charge is 0.169 e. The second kappa shape index (κ2) is 5.99. The fourth-order valence-electron chi connectivity index (χ4n) is 1.59. The van der Waals surface area contributed by atoms with Gasteiger partial charge in [0.15, 0.2) is 5.78 Å². The zero-order chi connectivity index (χ0) is 12.8. The van der Waals surface area contributed by atoms with Gasteiger partial charge in [0.05, 0.1) is 11.3 Å². The van der Waals surface area contributed by atoms with Gasteiger partial charge in [-0.3, -0.25) is 9.79 Å². The van der Waals surface area contributed by atoms with Crippen LogP contribution in [-0.4, -0.2) is 18.5 Å². The highest BCUT2D eigenvalue weighted by molar-refractivity contribution is 6.28. The van der Waals surface area contributed by atoms with Crippen LogP contribution in [0, 0.1) is 5.92 Å². The first-order valence-corrected chi connectivity index (χ1v) is 5.60. The van der Waals surface area contributed by atoms with Crippen LogP contribution in [-0.2, 0) is 4.79 Å². The number of hydrogen-bond acceptors (Lipinski definition) is 3. The van der Waals surface area contributed by atoms with Crippen molar-refractivity contribution in [3.63, 3.8) is 0 Å². The van der Waals surface area contributed by atoms with E-state index in [1.165, 1.54) is 6.20 Å². The van der Waals surface area contributed by atoms with E-state index in [2.05, 4.69) is 4.99 Å². The molecule has 1 rings (SSSR count). The number of aliphatic imine (C=N–C) groups is 1. The van der Waals surface area contributed by atoms with E-state index in [9.17, 15) is 4.79 Å². The molecule has 0 saturated carbocycles. The number of ketones is 1. The van der Waals surface area contributed by atoms with E-state index >= 15 is 0 Å². The molecule has 0 aliphatic heterocycles. The molecule has 0 aliphatic carbocycles. The Labute approximate surface area is 102 Å². The average Bonchev–Trinajstić information content (AvgIpc) is 2.35. The van der Waals surface area contributed by atoms with Crippen LogP contribution in [0.2, 0.25) is 0 Å². The van der Waals surface area contributed by atoms with Crippen LogP contribution in [0.5, 0.6) is 0 Å². The van der Waals surface area contributed by atoms with E-state index in [1.807, 2.05) is 44.2 Å². The second-order valence-electron chi connectivity index (χ2n) is 4.04. The highest BCUT2D eigenvalue weighted by Gasteiger charge is 2.19. The topological polar surface area (TPSA) is 55.4 Å². The van der Waals surface area contributed by atoms with E-state index in [0.29, 0.717) is 11.3 Å². The Morgan fingerprint density at radius 2 is 1.88 bits per heavy atom. The van der Waals surface area contributed by atoms with Crippen molar-refractivity contribution < 1.29 is 4.79 Å². The molecule has 2 N–H and O–H groups in total. The molecule has 0 atom stereocenters. The van der Waals surface area contributed by atoms with Gasteiger partial charge in [-0.05, 0) is 0 Å². The van der Waals surface area contributed by atoms with Gasteiger partial charge in [-0.2, -0.15) is 0 Å². The zero-order valence-electron chi connectivity index (χ0n) is 10.5. The minimum absolute atomic E-state index is 0.0111. The van der Waals surface area contributed by atoms with E-state index in [1.54, 1.807) is 7.05 Å². The van der Waals surface area contributed by atoms with Gasteiger partial charge in [0.1, 0.15) is 0 Å². The molecule has 0 fully saturated rings. The molecule has 0 aliphatic rings. The molecule has 0 unspecified atom stereocenters. The molecule has 1 aromatic rings. The molecule has 0 spiro atoms. The zero-order valence-corrected chi connectivity index (χ0v) is 10.5. The molecule has 0 amide bonds. The van der Waals surface area contributed by atoms with Gasteiger partial charge in [0, 0.05) is 24.7 Å². The summed E-state index contributed by atoms with van der Waals surface area (Å²) < 4.78 is 0. The number of Topliss-reactive ketones (excluding diaryl/α,β-unsaturated/α-hetero) is 1. The predicted molar refractivity (Wildman–Crippen MR) is 71.0 cm³/mol. The summed E-state index contributed by atoms with van der Waals surface area (Å²) in [5, 5.41) is 0. The SMILES string of the molecule is CN=C(C(=CN)C(=O)C(C)C)c1ccccc1. The largest absolute Gasteiger partial charge is 0.404 e. The fraction of sp³-hybridized carbons (Fsp3) is 0.286. The number of allylic oxidation sites excluding steroid dienone is 1. The van der Waals surface area contributed by atoms with Crippen molar-refractivity contribution >= 4 is 11.5 Å². The Bertz CT molecular complexity index is 445. The van der Waals surface area contributed by atoms with Crippen molar-refractivity contribution in [1.29, 1.82) is 0 Å². The van der Waals surface area contributed by atoms with Gasteiger partial charge in [0.25, 0.3) is 0 Å². The quantitative estimate of drug-likeness (QED) is 0.636. The standard InChI is InChI=1S/C14H18N2O/c1-10(2)14(17)12(9-15)13(16-3)11-7-5-4-6-8-11/h4-10H,15H2,1-3H3. The van der Waals surface area contributed by atoms with Gasteiger partial charge < -0.3 is 5.73 Å². The number of hydrogen-bond donors (Lipinski definition) is 1. The molecule has 0 bridgehead atoms. The van der Waals surface area contributed by atoms with Crippen molar-refractivity contribution in [2.75, 3.05) is 7.05 Å². The highest BCUT2D eigenvalue weighted by atomic mass is 16.1. The lowest BCUT2D eigenvalue weighted by Crippen LogP contribution is -2.20. The number of rotatable bonds is 4. The summed E-state index contributed by atoms with van der Waals surface area (Å²) in [7, 11) is 1.67. The summed E-state index contributed by atoms with van der Waals surface area (Å²) in [4.78, 5) is 16.2. The Morgan fingerprint density at radius 1 is 1.29 bits per heavy atom. The summed E-state index contributed by atoms with van der Waals surface area (Å²) in [5.41, 5.74) is 7.59. The lowest BCUT2D eigenvalue weighted by Gasteiger charge is -2.11. The number of carbonyl (C=O) groups excluding carboxylic acids is 1. The molecule has 17 heavy (non-hydrogen) atoms. The van der Waals surface area contributed by atoms with Crippen LogP contribution in [0.4, 0.5) is 0 Å². The Balaban J connectivity index is 3.16.